The van der Waals surface area contributed by atoms with Crippen molar-refractivity contribution in [2.75, 3.05) is 0 Å². The first-order valence-electron chi connectivity index (χ1n) is 8.89. The predicted octanol–water partition coefficient (Wildman–Crippen LogP) is 5.00. The van der Waals surface area contributed by atoms with Gasteiger partial charge >= 0.3 is 0 Å². The molecular weight excluding hydrogens is 377 g/mol. The maximum atomic E-state index is 13.2. The van der Waals surface area contributed by atoms with Crippen molar-refractivity contribution in [1.29, 1.82) is 0 Å². The molecule has 0 spiro atoms. The second-order valence-electron chi connectivity index (χ2n) is 6.47. The quantitative estimate of drug-likeness (QED) is 0.470. The Morgan fingerprint density at radius 3 is 2.46 bits per heavy atom. The third-order valence-corrected chi connectivity index (χ3v) is 4.91. The van der Waals surface area contributed by atoms with Gasteiger partial charge in [0, 0.05) is 6.21 Å². The van der Waals surface area contributed by atoms with Crippen molar-refractivity contribution in [2.24, 2.45) is 4.99 Å². The molecule has 1 atom stereocenters. The maximum absolute atomic E-state index is 13.2. The van der Waals surface area contributed by atoms with Crippen molar-refractivity contribution in [1.82, 2.24) is 9.55 Å². The van der Waals surface area contributed by atoms with E-state index in [1.807, 2.05) is 24.3 Å². The average Bonchev–Trinajstić information content (AvgIpc) is 2.69. The molecule has 144 valence electrons. The fourth-order valence-electron chi connectivity index (χ4n) is 2.75. The SMILES string of the molecule is CC[C@H](C)c1ccc(N=Cc2c(O)n(-c3ccc(F)cc3)c(=S)[nH]c2=O)cc1. The highest BCUT2D eigenvalue weighted by atomic mass is 32.1. The number of aromatic nitrogens is 2. The number of nitrogens with one attached hydrogen (secondary N) is 1. The van der Waals surface area contributed by atoms with Gasteiger partial charge in [0.15, 0.2) is 4.77 Å². The zero-order chi connectivity index (χ0) is 20.3. The van der Waals surface area contributed by atoms with E-state index in [-0.39, 0.29) is 16.2 Å². The molecule has 3 rings (SSSR count). The minimum Gasteiger partial charge on any atom is -0.494 e. The topological polar surface area (TPSA) is 70.4 Å². The number of benzene rings is 2. The molecular formula is C21H20FN3O2S. The van der Waals surface area contributed by atoms with Crippen LogP contribution in [-0.2, 0) is 0 Å². The largest absolute Gasteiger partial charge is 0.494 e. The molecule has 0 fully saturated rings. The van der Waals surface area contributed by atoms with E-state index < -0.39 is 11.4 Å². The van der Waals surface area contributed by atoms with E-state index in [0.29, 0.717) is 17.3 Å². The van der Waals surface area contributed by atoms with Crippen LogP contribution in [-0.4, -0.2) is 20.9 Å². The number of halogens is 1. The molecule has 1 heterocycles. The second-order valence-corrected chi connectivity index (χ2v) is 6.85. The van der Waals surface area contributed by atoms with E-state index >= 15 is 0 Å². The average molecular weight is 397 g/mol. The highest BCUT2D eigenvalue weighted by Crippen LogP contribution is 2.23. The maximum Gasteiger partial charge on any atom is 0.264 e. The zero-order valence-electron chi connectivity index (χ0n) is 15.5. The van der Waals surface area contributed by atoms with Crippen LogP contribution in [0, 0.1) is 10.6 Å². The number of aromatic hydroxyl groups is 1. The van der Waals surface area contributed by atoms with E-state index in [1.54, 1.807) is 0 Å². The summed E-state index contributed by atoms with van der Waals surface area (Å²) in [4.78, 5) is 19.1. The Bertz CT molecular complexity index is 1120. The summed E-state index contributed by atoms with van der Waals surface area (Å²) in [5.74, 6) is -0.318. The summed E-state index contributed by atoms with van der Waals surface area (Å²) in [6.07, 6.45) is 2.34. The summed E-state index contributed by atoms with van der Waals surface area (Å²) in [6.45, 7) is 4.28. The molecule has 0 saturated carbocycles. The van der Waals surface area contributed by atoms with Crippen molar-refractivity contribution in [3.05, 3.63) is 80.6 Å². The molecule has 28 heavy (non-hydrogen) atoms. The first-order chi connectivity index (χ1) is 13.4. The standard InChI is InChI=1S/C21H20FN3O2S/c1-3-13(2)14-4-8-16(9-5-14)23-12-18-19(26)24-21(28)25(20(18)27)17-10-6-15(22)7-11-17/h4-13,27H,3H2,1-2H3,(H,24,26,28)/t13-/m0/s1. The highest BCUT2D eigenvalue weighted by Gasteiger charge is 2.12. The monoisotopic (exact) mass is 397 g/mol. The molecule has 5 nitrogen and oxygen atoms in total. The number of hydrogen-bond acceptors (Lipinski definition) is 4. The molecule has 0 bridgehead atoms. The van der Waals surface area contributed by atoms with Gasteiger partial charge in [0.25, 0.3) is 5.56 Å². The summed E-state index contributed by atoms with van der Waals surface area (Å²) < 4.78 is 14.4. The van der Waals surface area contributed by atoms with Gasteiger partial charge < -0.3 is 5.11 Å². The molecule has 7 heteroatoms. The van der Waals surface area contributed by atoms with Crippen LogP contribution >= 0.6 is 12.2 Å². The molecule has 0 aliphatic rings. The van der Waals surface area contributed by atoms with Crippen LogP contribution in [0.5, 0.6) is 5.88 Å². The van der Waals surface area contributed by atoms with E-state index in [4.69, 9.17) is 12.2 Å². The van der Waals surface area contributed by atoms with Crippen LogP contribution in [0.3, 0.4) is 0 Å². The van der Waals surface area contributed by atoms with Crippen LogP contribution in [0.25, 0.3) is 5.69 Å². The molecule has 0 radical (unpaired) electrons. The van der Waals surface area contributed by atoms with Gasteiger partial charge in [-0.25, -0.2) is 4.39 Å². The van der Waals surface area contributed by atoms with Crippen molar-refractivity contribution < 1.29 is 9.50 Å². The van der Waals surface area contributed by atoms with Crippen molar-refractivity contribution in [3.63, 3.8) is 0 Å². The van der Waals surface area contributed by atoms with Crippen molar-refractivity contribution in [3.8, 4) is 11.6 Å². The van der Waals surface area contributed by atoms with Gasteiger partial charge in [-0.15, -0.1) is 0 Å². The van der Waals surface area contributed by atoms with E-state index in [9.17, 15) is 14.3 Å². The molecule has 0 saturated heterocycles. The third kappa shape index (κ3) is 4.09. The number of aromatic amines is 1. The number of rotatable bonds is 5. The summed E-state index contributed by atoms with van der Waals surface area (Å²) in [7, 11) is 0. The minimum atomic E-state index is -0.555. The molecule has 2 N–H and O–H groups in total. The third-order valence-electron chi connectivity index (χ3n) is 4.62. The summed E-state index contributed by atoms with van der Waals surface area (Å²) >= 11 is 5.14. The fraction of sp³-hybridized carbons (Fsp3) is 0.190. The number of H-pyrrole nitrogens is 1. The summed E-state index contributed by atoms with van der Waals surface area (Å²) in [5, 5.41) is 10.6. The van der Waals surface area contributed by atoms with Gasteiger partial charge in [-0.3, -0.25) is 19.3 Å². The van der Waals surface area contributed by atoms with Gasteiger partial charge in [0.05, 0.1) is 11.4 Å². The summed E-state index contributed by atoms with van der Waals surface area (Å²) in [6, 6.07) is 13.1. The van der Waals surface area contributed by atoms with Gasteiger partial charge in [-0.05, 0) is 66.5 Å². The predicted molar refractivity (Wildman–Crippen MR) is 111 cm³/mol. The lowest BCUT2D eigenvalue weighted by Gasteiger charge is -2.11. The van der Waals surface area contributed by atoms with Crippen LogP contribution in [0.15, 0.2) is 58.3 Å². The van der Waals surface area contributed by atoms with Crippen LogP contribution < -0.4 is 5.56 Å². The van der Waals surface area contributed by atoms with Gasteiger partial charge in [0.2, 0.25) is 5.88 Å². The Morgan fingerprint density at radius 1 is 1.21 bits per heavy atom. The van der Waals surface area contributed by atoms with Crippen LogP contribution in [0.1, 0.15) is 37.3 Å². The highest BCUT2D eigenvalue weighted by molar-refractivity contribution is 7.71. The lowest BCUT2D eigenvalue weighted by molar-refractivity contribution is 0.432. The van der Waals surface area contributed by atoms with Crippen LogP contribution in [0.2, 0.25) is 0 Å². The Kier molecular flexibility index (Phi) is 5.84. The zero-order valence-corrected chi connectivity index (χ0v) is 16.3. The lowest BCUT2D eigenvalue weighted by atomic mass is 9.99. The Hall–Kier alpha value is -3.06. The fourth-order valence-corrected chi connectivity index (χ4v) is 3.03. The number of aliphatic imine (C=N–C) groups is 1. The first-order valence-corrected chi connectivity index (χ1v) is 9.29. The van der Waals surface area contributed by atoms with E-state index in [1.165, 1.54) is 40.6 Å². The lowest BCUT2D eigenvalue weighted by Crippen LogP contribution is -2.18. The smallest absolute Gasteiger partial charge is 0.264 e. The Morgan fingerprint density at radius 2 is 1.86 bits per heavy atom. The second kappa shape index (κ2) is 8.31. The number of nitrogens with zero attached hydrogens (tertiary/aromatic N) is 2. The molecule has 0 aliphatic heterocycles. The van der Waals surface area contributed by atoms with E-state index in [2.05, 4.69) is 23.8 Å². The van der Waals surface area contributed by atoms with Crippen molar-refractivity contribution >= 4 is 24.1 Å². The van der Waals surface area contributed by atoms with Crippen molar-refractivity contribution in [2.45, 2.75) is 26.2 Å². The minimum absolute atomic E-state index is 0.00386. The normalized spacial score (nSPS) is 12.4. The molecule has 2 aromatic carbocycles. The van der Waals surface area contributed by atoms with Gasteiger partial charge in [0.1, 0.15) is 11.4 Å². The molecule has 0 aliphatic carbocycles. The first kappa shape index (κ1) is 19.7. The Balaban J connectivity index is 1.99. The van der Waals surface area contributed by atoms with Gasteiger partial charge in [-0.2, -0.15) is 0 Å². The molecule has 3 aromatic rings. The Labute approximate surface area is 166 Å². The van der Waals surface area contributed by atoms with Gasteiger partial charge in [-0.1, -0.05) is 26.0 Å². The van der Waals surface area contributed by atoms with E-state index in [0.717, 1.165) is 6.42 Å². The summed E-state index contributed by atoms with van der Waals surface area (Å²) in [5.41, 5.74) is 1.70. The number of hydrogen-bond donors (Lipinski definition) is 2. The molecule has 0 amide bonds. The van der Waals surface area contributed by atoms with Crippen LogP contribution in [0.4, 0.5) is 10.1 Å². The molecule has 0 unspecified atom stereocenters. The molecule has 1 aromatic heterocycles.